The number of benzene rings is 2. The fourth-order valence-corrected chi connectivity index (χ4v) is 3.39. The van der Waals surface area contributed by atoms with Crippen molar-refractivity contribution in [1.82, 2.24) is 5.32 Å². The monoisotopic (exact) mass is 423 g/mol. The van der Waals surface area contributed by atoms with E-state index < -0.39 is 0 Å². The summed E-state index contributed by atoms with van der Waals surface area (Å²) in [6.07, 6.45) is 2.24. The lowest BCUT2D eigenvalue weighted by Crippen LogP contribution is -2.33. The van der Waals surface area contributed by atoms with Crippen molar-refractivity contribution in [1.29, 1.82) is 0 Å². The van der Waals surface area contributed by atoms with Crippen molar-refractivity contribution in [3.63, 3.8) is 0 Å². The Kier molecular flexibility index (Phi) is 5.86. The first kappa shape index (κ1) is 18.1. The summed E-state index contributed by atoms with van der Waals surface area (Å²) < 4.78 is 11.6. The standard InChI is InChI=1S/C19H19BrClNO3/c1-24-15-7-4-13(5-8-15)19(12-2-3-12)22-18(23)11-25-17-9-6-14(20)10-16(17)21/h4-10,12,19H,2-3,11H2,1H3,(H,22,23)/t19-/m1/s1. The van der Waals surface area contributed by atoms with Crippen LogP contribution in [0.4, 0.5) is 0 Å². The third kappa shape index (κ3) is 4.89. The molecular weight excluding hydrogens is 406 g/mol. The Morgan fingerprint density at radius 3 is 2.60 bits per heavy atom. The molecule has 25 heavy (non-hydrogen) atoms. The number of hydrogen-bond donors (Lipinski definition) is 1. The van der Waals surface area contributed by atoms with Crippen LogP contribution in [0.3, 0.4) is 0 Å². The van der Waals surface area contributed by atoms with Crippen LogP contribution in [-0.4, -0.2) is 19.6 Å². The van der Waals surface area contributed by atoms with Crippen molar-refractivity contribution in [3.8, 4) is 11.5 Å². The Morgan fingerprint density at radius 2 is 2.00 bits per heavy atom. The minimum Gasteiger partial charge on any atom is -0.497 e. The zero-order chi connectivity index (χ0) is 17.8. The lowest BCUT2D eigenvalue weighted by atomic mass is 10.0. The molecule has 0 saturated heterocycles. The van der Waals surface area contributed by atoms with E-state index in [1.54, 1.807) is 19.2 Å². The summed E-state index contributed by atoms with van der Waals surface area (Å²) in [6.45, 7) is -0.0687. The molecule has 0 spiro atoms. The molecule has 0 bridgehead atoms. The Bertz CT molecular complexity index is 747. The number of rotatable bonds is 7. The van der Waals surface area contributed by atoms with Crippen LogP contribution >= 0.6 is 27.5 Å². The van der Waals surface area contributed by atoms with Crippen LogP contribution < -0.4 is 14.8 Å². The highest BCUT2D eigenvalue weighted by Crippen LogP contribution is 2.41. The van der Waals surface area contributed by atoms with Gasteiger partial charge in [0.1, 0.15) is 11.5 Å². The normalized spacial score (nSPS) is 14.7. The topological polar surface area (TPSA) is 47.6 Å². The Balaban J connectivity index is 1.61. The average Bonchev–Trinajstić information content (AvgIpc) is 3.44. The van der Waals surface area contributed by atoms with Gasteiger partial charge in [0, 0.05) is 4.47 Å². The van der Waals surface area contributed by atoms with Crippen LogP contribution in [0.2, 0.25) is 5.02 Å². The predicted octanol–water partition coefficient (Wildman–Crippen LogP) is 4.76. The van der Waals surface area contributed by atoms with Gasteiger partial charge in [0.15, 0.2) is 6.61 Å². The second kappa shape index (κ2) is 8.11. The predicted molar refractivity (Wildman–Crippen MR) is 101 cm³/mol. The molecule has 0 radical (unpaired) electrons. The molecular formula is C19H19BrClNO3. The van der Waals surface area contributed by atoms with Crippen molar-refractivity contribution in [2.75, 3.05) is 13.7 Å². The maximum absolute atomic E-state index is 12.3. The SMILES string of the molecule is COc1ccc([C@H](NC(=O)COc2ccc(Br)cc2Cl)C2CC2)cc1. The van der Waals surface area contributed by atoms with Crippen molar-refractivity contribution in [2.24, 2.45) is 5.92 Å². The summed E-state index contributed by atoms with van der Waals surface area (Å²) in [4.78, 5) is 12.3. The molecule has 6 heteroatoms. The summed E-state index contributed by atoms with van der Waals surface area (Å²) in [5.74, 6) is 1.62. The fraction of sp³-hybridized carbons (Fsp3) is 0.316. The van der Waals surface area contributed by atoms with E-state index in [-0.39, 0.29) is 18.6 Å². The third-order valence-corrected chi connectivity index (χ3v) is 4.93. The summed E-state index contributed by atoms with van der Waals surface area (Å²) in [6, 6.07) is 13.1. The highest BCUT2D eigenvalue weighted by Gasteiger charge is 2.33. The van der Waals surface area contributed by atoms with E-state index >= 15 is 0 Å². The van der Waals surface area contributed by atoms with E-state index in [1.807, 2.05) is 30.3 Å². The first-order valence-electron chi connectivity index (χ1n) is 8.08. The molecule has 0 aliphatic heterocycles. The second-order valence-electron chi connectivity index (χ2n) is 6.02. The molecule has 132 valence electrons. The summed E-state index contributed by atoms with van der Waals surface area (Å²) in [5.41, 5.74) is 1.08. The van der Waals surface area contributed by atoms with Gasteiger partial charge in [0.25, 0.3) is 5.91 Å². The molecule has 2 aromatic rings. The van der Waals surface area contributed by atoms with Gasteiger partial charge in [-0.3, -0.25) is 4.79 Å². The van der Waals surface area contributed by atoms with Crippen LogP contribution in [0.15, 0.2) is 46.9 Å². The maximum atomic E-state index is 12.3. The van der Waals surface area contributed by atoms with E-state index in [1.165, 1.54) is 0 Å². The maximum Gasteiger partial charge on any atom is 0.258 e. The molecule has 1 fully saturated rings. The summed E-state index contributed by atoms with van der Waals surface area (Å²) in [5, 5.41) is 3.55. The van der Waals surface area contributed by atoms with Gasteiger partial charge < -0.3 is 14.8 Å². The number of ether oxygens (including phenoxy) is 2. The van der Waals surface area contributed by atoms with Crippen LogP contribution in [0.5, 0.6) is 11.5 Å². The second-order valence-corrected chi connectivity index (χ2v) is 7.34. The molecule has 1 aliphatic rings. The molecule has 3 rings (SSSR count). The van der Waals surface area contributed by atoms with Gasteiger partial charge in [0.2, 0.25) is 0 Å². The molecule has 1 aliphatic carbocycles. The molecule has 4 nitrogen and oxygen atoms in total. The number of carbonyl (C=O) groups excluding carboxylic acids is 1. The Morgan fingerprint density at radius 1 is 1.28 bits per heavy atom. The number of methoxy groups -OCH3 is 1. The smallest absolute Gasteiger partial charge is 0.258 e. The van der Waals surface area contributed by atoms with Gasteiger partial charge in [-0.15, -0.1) is 0 Å². The van der Waals surface area contributed by atoms with E-state index in [0.717, 1.165) is 28.6 Å². The van der Waals surface area contributed by atoms with Gasteiger partial charge in [-0.05, 0) is 54.7 Å². The minimum absolute atomic E-state index is 0.00222. The van der Waals surface area contributed by atoms with E-state index in [2.05, 4.69) is 21.2 Å². The molecule has 0 aromatic heterocycles. The van der Waals surface area contributed by atoms with Crippen molar-refractivity contribution in [3.05, 3.63) is 57.5 Å². The van der Waals surface area contributed by atoms with Crippen LogP contribution in [-0.2, 0) is 4.79 Å². The van der Waals surface area contributed by atoms with E-state index in [9.17, 15) is 4.79 Å². The van der Waals surface area contributed by atoms with Crippen LogP contribution in [0.25, 0.3) is 0 Å². The molecule has 2 aromatic carbocycles. The molecule has 0 heterocycles. The van der Waals surface area contributed by atoms with Crippen molar-refractivity contribution >= 4 is 33.4 Å². The first-order valence-corrected chi connectivity index (χ1v) is 9.25. The highest BCUT2D eigenvalue weighted by atomic mass is 79.9. The number of carbonyl (C=O) groups is 1. The largest absolute Gasteiger partial charge is 0.497 e. The van der Waals surface area contributed by atoms with Crippen LogP contribution in [0, 0.1) is 5.92 Å². The summed E-state index contributed by atoms with van der Waals surface area (Å²) >= 11 is 9.44. The van der Waals surface area contributed by atoms with E-state index in [0.29, 0.717) is 16.7 Å². The molecule has 1 atom stereocenters. The van der Waals surface area contributed by atoms with Crippen molar-refractivity contribution < 1.29 is 14.3 Å². The highest BCUT2D eigenvalue weighted by molar-refractivity contribution is 9.10. The van der Waals surface area contributed by atoms with Gasteiger partial charge in [-0.25, -0.2) is 0 Å². The molecule has 1 amide bonds. The zero-order valence-corrected chi connectivity index (χ0v) is 16.1. The molecule has 1 N–H and O–H groups in total. The number of halogens is 2. The van der Waals surface area contributed by atoms with E-state index in [4.69, 9.17) is 21.1 Å². The number of hydrogen-bond acceptors (Lipinski definition) is 3. The first-order chi connectivity index (χ1) is 12.1. The number of amides is 1. The fourth-order valence-electron chi connectivity index (χ4n) is 2.66. The summed E-state index contributed by atoms with van der Waals surface area (Å²) in [7, 11) is 1.64. The third-order valence-electron chi connectivity index (χ3n) is 4.14. The van der Waals surface area contributed by atoms with Crippen LogP contribution in [0.1, 0.15) is 24.4 Å². The van der Waals surface area contributed by atoms with Gasteiger partial charge in [0.05, 0.1) is 18.2 Å². The molecule has 1 saturated carbocycles. The zero-order valence-electron chi connectivity index (χ0n) is 13.8. The lowest BCUT2D eigenvalue weighted by molar-refractivity contribution is -0.124. The Labute approximate surface area is 160 Å². The van der Waals surface area contributed by atoms with Gasteiger partial charge >= 0.3 is 0 Å². The lowest BCUT2D eigenvalue weighted by Gasteiger charge is -2.19. The van der Waals surface area contributed by atoms with Gasteiger partial charge in [-0.1, -0.05) is 39.7 Å². The molecule has 0 unspecified atom stereocenters. The van der Waals surface area contributed by atoms with Gasteiger partial charge in [-0.2, -0.15) is 0 Å². The minimum atomic E-state index is -0.160. The quantitative estimate of drug-likeness (QED) is 0.697. The Hall–Kier alpha value is -1.72. The number of nitrogens with one attached hydrogen (secondary N) is 1. The van der Waals surface area contributed by atoms with Crippen molar-refractivity contribution in [2.45, 2.75) is 18.9 Å². The average molecular weight is 425 g/mol.